The largest absolute Gasteiger partial charge is 0.357 e. The van der Waals surface area contributed by atoms with Crippen molar-refractivity contribution in [3.05, 3.63) is 35.6 Å². The molecule has 1 aliphatic rings. The van der Waals surface area contributed by atoms with E-state index in [1.54, 1.807) is 12.1 Å². The summed E-state index contributed by atoms with van der Waals surface area (Å²) < 4.78 is 35.7. The standard InChI is InChI=1S/C16H25FN4O2S.HI/c1-2-18-16(20-13-14-3-5-15(17)6-4-14)19-7-8-21-9-11-24(22,23)12-10-21;/h3-6H,2,7-13H2,1H3,(H2,18,19,20);1H. The first kappa shape index (κ1) is 22.1. The van der Waals surface area contributed by atoms with Crippen LogP contribution in [0.1, 0.15) is 12.5 Å². The van der Waals surface area contributed by atoms with Crippen LogP contribution in [-0.2, 0) is 16.4 Å². The number of rotatable bonds is 6. The van der Waals surface area contributed by atoms with Crippen LogP contribution in [0.2, 0.25) is 0 Å². The first-order valence-electron chi connectivity index (χ1n) is 8.18. The van der Waals surface area contributed by atoms with Crippen molar-refractivity contribution in [2.45, 2.75) is 13.5 Å². The van der Waals surface area contributed by atoms with Crippen LogP contribution in [0.3, 0.4) is 0 Å². The summed E-state index contributed by atoms with van der Waals surface area (Å²) >= 11 is 0. The predicted octanol–water partition coefficient (Wildman–Crippen LogP) is 1.23. The minimum atomic E-state index is -2.83. The van der Waals surface area contributed by atoms with Crippen LogP contribution in [0.4, 0.5) is 4.39 Å². The molecule has 1 heterocycles. The molecular formula is C16H26FIN4O2S. The molecule has 6 nitrogen and oxygen atoms in total. The fourth-order valence-electron chi connectivity index (χ4n) is 2.41. The highest BCUT2D eigenvalue weighted by molar-refractivity contribution is 14.0. The maximum Gasteiger partial charge on any atom is 0.191 e. The second kappa shape index (κ2) is 10.9. The minimum Gasteiger partial charge on any atom is -0.357 e. The van der Waals surface area contributed by atoms with Crippen LogP contribution in [0.15, 0.2) is 29.3 Å². The van der Waals surface area contributed by atoms with Crippen molar-refractivity contribution in [3.63, 3.8) is 0 Å². The molecule has 9 heteroatoms. The van der Waals surface area contributed by atoms with Crippen molar-refractivity contribution in [2.24, 2.45) is 4.99 Å². The molecule has 0 aromatic heterocycles. The Bertz CT molecular complexity index is 639. The third-order valence-electron chi connectivity index (χ3n) is 3.83. The zero-order chi connectivity index (χ0) is 17.4. The Kier molecular flexibility index (Phi) is 9.65. The van der Waals surface area contributed by atoms with Crippen molar-refractivity contribution in [2.75, 3.05) is 44.2 Å². The Labute approximate surface area is 166 Å². The van der Waals surface area contributed by atoms with Gasteiger partial charge in [-0.25, -0.2) is 17.8 Å². The molecule has 2 N–H and O–H groups in total. The van der Waals surface area contributed by atoms with Gasteiger partial charge in [-0.15, -0.1) is 24.0 Å². The highest BCUT2D eigenvalue weighted by Crippen LogP contribution is 2.04. The first-order valence-corrected chi connectivity index (χ1v) is 10.00. The summed E-state index contributed by atoms with van der Waals surface area (Å²) in [6, 6.07) is 6.29. The highest BCUT2D eigenvalue weighted by atomic mass is 127. The molecule has 25 heavy (non-hydrogen) atoms. The molecule has 1 fully saturated rings. The fourth-order valence-corrected chi connectivity index (χ4v) is 3.69. The lowest BCUT2D eigenvalue weighted by Crippen LogP contribution is -2.45. The van der Waals surface area contributed by atoms with E-state index < -0.39 is 9.84 Å². The third-order valence-corrected chi connectivity index (χ3v) is 5.44. The zero-order valence-corrected chi connectivity index (χ0v) is 17.5. The molecule has 0 unspecified atom stereocenters. The molecule has 0 aliphatic carbocycles. The Morgan fingerprint density at radius 2 is 1.84 bits per heavy atom. The number of guanidine groups is 1. The molecule has 1 aliphatic heterocycles. The number of aliphatic imine (C=N–C) groups is 1. The van der Waals surface area contributed by atoms with Crippen LogP contribution in [0.25, 0.3) is 0 Å². The first-order chi connectivity index (χ1) is 11.5. The average molecular weight is 484 g/mol. The summed E-state index contributed by atoms with van der Waals surface area (Å²) in [4.78, 5) is 6.61. The summed E-state index contributed by atoms with van der Waals surface area (Å²) in [6.45, 7) is 5.85. The van der Waals surface area contributed by atoms with Gasteiger partial charge in [-0.2, -0.15) is 0 Å². The van der Waals surface area contributed by atoms with Crippen molar-refractivity contribution < 1.29 is 12.8 Å². The molecule has 0 spiro atoms. The van der Waals surface area contributed by atoms with Gasteiger partial charge in [-0.05, 0) is 24.6 Å². The topological polar surface area (TPSA) is 73.8 Å². The molecule has 0 atom stereocenters. The Balaban J connectivity index is 0.00000312. The number of sulfone groups is 1. The van der Waals surface area contributed by atoms with Gasteiger partial charge < -0.3 is 10.6 Å². The molecule has 142 valence electrons. The summed E-state index contributed by atoms with van der Waals surface area (Å²) in [5.41, 5.74) is 0.940. The van der Waals surface area contributed by atoms with E-state index in [-0.39, 0.29) is 41.3 Å². The minimum absolute atomic E-state index is 0. The van der Waals surface area contributed by atoms with Crippen LogP contribution < -0.4 is 10.6 Å². The monoisotopic (exact) mass is 484 g/mol. The van der Waals surface area contributed by atoms with E-state index >= 15 is 0 Å². The molecule has 0 radical (unpaired) electrons. The van der Waals surface area contributed by atoms with E-state index in [4.69, 9.17) is 0 Å². The number of benzene rings is 1. The van der Waals surface area contributed by atoms with Gasteiger partial charge in [0, 0.05) is 32.7 Å². The summed E-state index contributed by atoms with van der Waals surface area (Å²) in [5, 5.41) is 6.41. The van der Waals surface area contributed by atoms with Crippen LogP contribution >= 0.6 is 24.0 Å². The van der Waals surface area contributed by atoms with Crippen molar-refractivity contribution in [1.29, 1.82) is 0 Å². The molecule has 0 amide bonds. The van der Waals surface area contributed by atoms with Gasteiger partial charge in [0.25, 0.3) is 0 Å². The summed E-state index contributed by atoms with van der Waals surface area (Å²) in [5.74, 6) is 0.931. The second-order valence-corrected chi connectivity index (χ2v) is 8.05. The smallest absolute Gasteiger partial charge is 0.191 e. The highest BCUT2D eigenvalue weighted by Gasteiger charge is 2.20. The van der Waals surface area contributed by atoms with E-state index in [2.05, 4.69) is 20.5 Å². The van der Waals surface area contributed by atoms with Gasteiger partial charge in [-0.1, -0.05) is 12.1 Å². The number of halogens is 2. The van der Waals surface area contributed by atoms with E-state index in [1.807, 2.05) is 6.92 Å². The van der Waals surface area contributed by atoms with Gasteiger partial charge >= 0.3 is 0 Å². The number of nitrogens with zero attached hydrogens (tertiary/aromatic N) is 2. The maximum absolute atomic E-state index is 12.9. The van der Waals surface area contributed by atoms with Gasteiger partial charge in [0.05, 0.1) is 18.1 Å². The van der Waals surface area contributed by atoms with Crippen LogP contribution in [0, 0.1) is 5.82 Å². The number of nitrogens with one attached hydrogen (secondary N) is 2. The lowest BCUT2D eigenvalue weighted by molar-refractivity contribution is 0.299. The molecule has 0 bridgehead atoms. The van der Waals surface area contributed by atoms with Crippen LogP contribution in [-0.4, -0.2) is 63.5 Å². The molecule has 1 aromatic carbocycles. The fraction of sp³-hybridized carbons (Fsp3) is 0.562. The molecule has 2 rings (SSSR count). The van der Waals surface area contributed by atoms with E-state index in [1.165, 1.54) is 12.1 Å². The second-order valence-electron chi connectivity index (χ2n) is 5.74. The lowest BCUT2D eigenvalue weighted by Gasteiger charge is -2.26. The van der Waals surface area contributed by atoms with Gasteiger partial charge in [0.2, 0.25) is 0 Å². The average Bonchev–Trinajstić information content (AvgIpc) is 2.55. The Morgan fingerprint density at radius 3 is 2.44 bits per heavy atom. The van der Waals surface area contributed by atoms with E-state index in [0.717, 1.165) is 18.7 Å². The maximum atomic E-state index is 12.9. The van der Waals surface area contributed by atoms with Crippen molar-refractivity contribution >= 4 is 39.8 Å². The van der Waals surface area contributed by atoms with Gasteiger partial charge in [0.15, 0.2) is 15.8 Å². The third kappa shape index (κ3) is 8.32. The molecule has 0 saturated carbocycles. The molecular weight excluding hydrogens is 458 g/mol. The quantitative estimate of drug-likeness (QED) is 0.361. The Morgan fingerprint density at radius 1 is 1.20 bits per heavy atom. The van der Waals surface area contributed by atoms with Gasteiger partial charge in [-0.3, -0.25) is 4.90 Å². The Hall–Kier alpha value is -0.940. The lowest BCUT2D eigenvalue weighted by atomic mass is 10.2. The predicted molar refractivity (Wildman–Crippen MR) is 110 cm³/mol. The normalized spacial score (nSPS) is 17.6. The molecule has 1 aromatic rings. The zero-order valence-electron chi connectivity index (χ0n) is 14.4. The summed E-state index contributed by atoms with van der Waals surface area (Å²) in [7, 11) is -2.83. The molecule has 1 saturated heterocycles. The number of hydrogen-bond acceptors (Lipinski definition) is 4. The van der Waals surface area contributed by atoms with E-state index in [9.17, 15) is 12.8 Å². The van der Waals surface area contributed by atoms with E-state index in [0.29, 0.717) is 32.1 Å². The van der Waals surface area contributed by atoms with Gasteiger partial charge in [0.1, 0.15) is 5.82 Å². The van der Waals surface area contributed by atoms with Crippen LogP contribution in [0.5, 0.6) is 0 Å². The van der Waals surface area contributed by atoms with Crippen molar-refractivity contribution in [3.8, 4) is 0 Å². The van der Waals surface area contributed by atoms with Crippen molar-refractivity contribution in [1.82, 2.24) is 15.5 Å². The SMILES string of the molecule is CCNC(=NCc1ccc(F)cc1)NCCN1CCS(=O)(=O)CC1.I. The number of hydrogen-bond donors (Lipinski definition) is 2. The summed E-state index contributed by atoms with van der Waals surface area (Å²) in [6.07, 6.45) is 0.